The Hall–Kier alpha value is -2.99. The highest BCUT2D eigenvalue weighted by atomic mass is 16.5. The van der Waals surface area contributed by atoms with E-state index in [4.69, 9.17) is 4.74 Å². The molecule has 6 nitrogen and oxygen atoms in total. The number of hydrogen-bond donors (Lipinski definition) is 1. The third kappa shape index (κ3) is 3.23. The third-order valence-corrected chi connectivity index (χ3v) is 4.25. The maximum atomic E-state index is 12.0. The summed E-state index contributed by atoms with van der Waals surface area (Å²) in [6, 6.07) is 15.7. The summed E-state index contributed by atoms with van der Waals surface area (Å²) in [7, 11) is 0. The average Bonchev–Trinajstić information content (AvgIpc) is 3.02. The summed E-state index contributed by atoms with van der Waals surface area (Å²) in [5.41, 5.74) is 0.813. The summed E-state index contributed by atoms with van der Waals surface area (Å²) in [6.45, 7) is 3.43. The molecule has 0 aromatic heterocycles. The van der Waals surface area contributed by atoms with Crippen LogP contribution in [0.2, 0.25) is 0 Å². The minimum absolute atomic E-state index is 0.162. The predicted octanol–water partition coefficient (Wildman–Crippen LogP) is 2.66. The van der Waals surface area contributed by atoms with E-state index >= 15 is 0 Å². The summed E-state index contributed by atoms with van der Waals surface area (Å²) >= 11 is 0. The molecular formula is C20H20N2O4. The van der Waals surface area contributed by atoms with Gasteiger partial charge in [0.2, 0.25) is 5.91 Å². The molecule has 0 bridgehead atoms. The van der Waals surface area contributed by atoms with Crippen LogP contribution in [0.3, 0.4) is 0 Å². The molecular weight excluding hydrogens is 332 g/mol. The van der Waals surface area contributed by atoms with Gasteiger partial charge in [-0.25, -0.2) is 4.79 Å². The quantitative estimate of drug-likeness (QED) is 0.858. The monoisotopic (exact) mass is 352 g/mol. The lowest BCUT2D eigenvalue weighted by Crippen LogP contribution is -2.42. The number of carbonyl (C=O) groups excluding carboxylic acids is 2. The molecule has 1 amide bonds. The normalized spacial score (nSPS) is 19.2. The van der Waals surface area contributed by atoms with Crippen LogP contribution in [0.4, 0.5) is 0 Å². The fourth-order valence-electron chi connectivity index (χ4n) is 2.98. The molecule has 0 spiro atoms. The molecule has 26 heavy (non-hydrogen) atoms. The number of ether oxygens (including phenoxy) is 1. The Morgan fingerprint density at radius 2 is 1.81 bits per heavy atom. The molecule has 134 valence electrons. The molecule has 6 heteroatoms. The smallest absolute Gasteiger partial charge is 0.338 e. The minimum atomic E-state index is -1.53. The number of carbonyl (C=O) groups is 2. The van der Waals surface area contributed by atoms with E-state index in [2.05, 4.69) is 5.10 Å². The number of amides is 1. The van der Waals surface area contributed by atoms with Gasteiger partial charge in [0.05, 0.1) is 17.9 Å². The van der Waals surface area contributed by atoms with Crippen molar-refractivity contribution in [2.45, 2.75) is 26.0 Å². The Bertz CT molecular complexity index is 846. The number of benzene rings is 2. The van der Waals surface area contributed by atoms with Crippen molar-refractivity contribution < 1.29 is 19.4 Å². The Labute approximate surface area is 151 Å². The predicted molar refractivity (Wildman–Crippen MR) is 96.4 cm³/mol. The van der Waals surface area contributed by atoms with Gasteiger partial charge in [-0.05, 0) is 24.6 Å². The number of nitrogens with zero attached hydrogens (tertiary/aromatic N) is 2. The Kier molecular flexibility index (Phi) is 4.86. The van der Waals surface area contributed by atoms with E-state index in [0.29, 0.717) is 23.4 Å². The maximum absolute atomic E-state index is 12.0. The van der Waals surface area contributed by atoms with E-state index in [-0.39, 0.29) is 12.3 Å². The summed E-state index contributed by atoms with van der Waals surface area (Å²) < 4.78 is 4.97. The topological polar surface area (TPSA) is 79.2 Å². The van der Waals surface area contributed by atoms with Crippen molar-refractivity contribution >= 4 is 17.6 Å². The van der Waals surface area contributed by atoms with Crippen molar-refractivity contribution in [1.82, 2.24) is 5.01 Å². The lowest BCUT2D eigenvalue weighted by molar-refractivity contribution is -0.155. The van der Waals surface area contributed by atoms with Gasteiger partial charge in [0, 0.05) is 18.9 Å². The molecule has 2 aromatic carbocycles. The number of aliphatic hydroxyl groups is 1. The van der Waals surface area contributed by atoms with E-state index < -0.39 is 11.7 Å². The first-order valence-electron chi connectivity index (χ1n) is 8.39. The van der Waals surface area contributed by atoms with Crippen molar-refractivity contribution in [2.75, 3.05) is 6.61 Å². The molecule has 1 unspecified atom stereocenters. The average molecular weight is 352 g/mol. The molecule has 0 radical (unpaired) electrons. The van der Waals surface area contributed by atoms with Crippen molar-refractivity contribution in [1.29, 1.82) is 0 Å². The molecule has 2 aromatic rings. The van der Waals surface area contributed by atoms with Gasteiger partial charge in [-0.1, -0.05) is 42.5 Å². The molecule has 1 aliphatic heterocycles. The highest BCUT2D eigenvalue weighted by Gasteiger charge is 2.44. The Balaban J connectivity index is 1.91. The summed E-state index contributed by atoms with van der Waals surface area (Å²) in [6.07, 6.45) is 0.162. The van der Waals surface area contributed by atoms with Crippen molar-refractivity contribution in [3.63, 3.8) is 0 Å². The molecule has 0 fully saturated rings. The zero-order valence-electron chi connectivity index (χ0n) is 14.7. The first-order chi connectivity index (χ1) is 12.5. The maximum Gasteiger partial charge on any atom is 0.338 e. The van der Waals surface area contributed by atoms with Crippen molar-refractivity contribution in [2.24, 2.45) is 5.10 Å². The van der Waals surface area contributed by atoms with E-state index in [1.165, 1.54) is 6.92 Å². The van der Waals surface area contributed by atoms with Crippen molar-refractivity contribution in [3.8, 4) is 0 Å². The van der Waals surface area contributed by atoms with Gasteiger partial charge in [-0.2, -0.15) is 10.1 Å². The van der Waals surface area contributed by atoms with Crippen LogP contribution < -0.4 is 0 Å². The lowest BCUT2D eigenvalue weighted by Gasteiger charge is -2.30. The van der Waals surface area contributed by atoms with E-state index in [0.717, 1.165) is 10.6 Å². The zero-order chi connectivity index (χ0) is 18.7. The first kappa shape index (κ1) is 17.8. The van der Waals surface area contributed by atoms with Crippen LogP contribution >= 0.6 is 0 Å². The van der Waals surface area contributed by atoms with Gasteiger partial charge in [0.1, 0.15) is 0 Å². The van der Waals surface area contributed by atoms with Crippen LogP contribution in [0.5, 0.6) is 0 Å². The molecule has 0 aliphatic carbocycles. The molecule has 1 N–H and O–H groups in total. The standard InChI is InChI=1S/C20H20N2O4/c1-3-26-19(24)16-11-9-15(10-12-16)18-13-20(25,22(21-18)14(2)23)17-7-5-4-6-8-17/h4-12,25H,3,13H2,1-2H3. The van der Waals surface area contributed by atoms with E-state index in [1.54, 1.807) is 55.5 Å². The molecule has 3 rings (SSSR count). The van der Waals surface area contributed by atoms with Gasteiger partial charge in [0.25, 0.3) is 0 Å². The van der Waals surface area contributed by atoms with Crippen LogP contribution in [0.1, 0.15) is 41.8 Å². The molecule has 1 aliphatic rings. The fourth-order valence-corrected chi connectivity index (χ4v) is 2.98. The Morgan fingerprint density at radius 1 is 1.15 bits per heavy atom. The third-order valence-electron chi connectivity index (χ3n) is 4.25. The molecule has 1 heterocycles. The first-order valence-corrected chi connectivity index (χ1v) is 8.39. The van der Waals surface area contributed by atoms with Gasteiger partial charge in [-0.15, -0.1) is 0 Å². The zero-order valence-corrected chi connectivity index (χ0v) is 14.7. The molecule has 0 saturated carbocycles. The second kappa shape index (κ2) is 7.09. The number of esters is 1. The second-order valence-electron chi connectivity index (χ2n) is 6.03. The molecule has 1 atom stereocenters. The van der Waals surface area contributed by atoms with Crippen LogP contribution in [-0.4, -0.2) is 34.3 Å². The van der Waals surface area contributed by atoms with Gasteiger partial charge in [0.15, 0.2) is 5.72 Å². The molecule has 0 saturated heterocycles. The van der Waals surface area contributed by atoms with E-state index in [9.17, 15) is 14.7 Å². The van der Waals surface area contributed by atoms with Gasteiger partial charge >= 0.3 is 5.97 Å². The summed E-state index contributed by atoms with van der Waals surface area (Å²) in [5.74, 6) is -0.743. The van der Waals surface area contributed by atoms with Crippen LogP contribution in [0.15, 0.2) is 59.7 Å². The van der Waals surface area contributed by atoms with Gasteiger partial charge < -0.3 is 9.84 Å². The fraction of sp³-hybridized carbons (Fsp3) is 0.250. The van der Waals surface area contributed by atoms with Crippen LogP contribution in [0.25, 0.3) is 0 Å². The minimum Gasteiger partial charge on any atom is -0.462 e. The number of hydrogen-bond acceptors (Lipinski definition) is 5. The van der Waals surface area contributed by atoms with E-state index in [1.807, 2.05) is 6.07 Å². The largest absolute Gasteiger partial charge is 0.462 e. The second-order valence-corrected chi connectivity index (χ2v) is 6.03. The lowest BCUT2D eigenvalue weighted by atomic mass is 9.94. The van der Waals surface area contributed by atoms with Crippen LogP contribution in [0, 0.1) is 0 Å². The van der Waals surface area contributed by atoms with Crippen molar-refractivity contribution in [3.05, 3.63) is 71.3 Å². The summed E-state index contributed by atoms with van der Waals surface area (Å²) in [5, 5.41) is 16.6. The number of rotatable bonds is 4. The van der Waals surface area contributed by atoms with Gasteiger partial charge in [-0.3, -0.25) is 4.79 Å². The highest BCUT2D eigenvalue weighted by Crippen LogP contribution is 2.36. The number of hydrazone groups is 1. The Morgan fingerprint density at radius 3 is 2.38 bits per heavy atom. The SMILES string of the molecule is CCOC(=O)c1ccc(C2=NN(C(C)=O)C(O)(c3ccccc3)C2)cc1. The summed E-state index contributed by atoms with van der Waals surface area (Å²) in [4.78, 5) is 23.8. The van der Waals surface area contributed by atoms with Crippen LogP contribution in [-0.2, 0) is 15.3 Å². The highest BCUT2D eigenvalue weighted by molar-refractivity contribution is 6.04.